The summed E-state index contributed by atoms with van der Waals surface area (Å²) in [6.45, 7) is 0.0872. The lowest BCUT2D eigenvalue weighted by Gasteiger charge is -2.30. The van der Waals surface area contributed by atoms with Gasteiger partial charge in [0.25, 0.3) is 0 Å². The van der Waals surface area contributed by atoms with Crippen molar-refractivity contribution in [2.45, 2.75) is 0 Å². The highest BCUT2D eigenvalue weighted by Crippen LogP contribution is 2.36. The van der Waals surface area contributed by atoms with Gasteiger partial charge in [-0.15, -0.1) is 0 Å². The van der Waals surface area contributed by atoms with Crippen LogP contribution in [0.5, 0.6) is 0 Å². The van der Waals surface area contributed by atoms with Gasteiger partial charge in [-0.25, -0.2) is 0 Å². The van der Waals surface area contributed by atoms with Crippen LogP contribution in [0, 0.1) is 0 Å². The van der Waals surface area contributed by atoms with E-state index in [9.17, 15) is 9.59 Å². The molecule has 1 aliphatic heterocycles. The Bertz CT molecular complexity index is 519. The molecule has 0 aliphatic carbocycles. The van der Waals surface area contributed by atoms with Crippen LogP contribution in [-0.2, 0) is 9.59 Å². The Labute approximate surface area is 114 Å². The molecule has 1 aromatic rings. The van der Waals surface area contributed by atoms with Gasteiger partial charge in [0.15, 0.2) is 0 Å². The highest BCUT2D eigenvalue weighted by molar-refractivity contribution is 6.42. The maximum atomic E-state index is 11.8. The maximum absolute atomic E-state index is 11.8. The van der Waals surface area contributed by atoms with Crippen molar-refractivity contribution >= 4 is 46.4 Å². The van der Waals surface area contributed by atoms with E-state index in [-0.39, 0.29) is 24.9 Å². The van der Waals surface area contributed by atoms with E-state index in [0.29, 0.717) is 21.4 Å². The molecule has 0 radical (unpaired) electrons. The molecule has 1 heterocycles. The second-order valence-electron chi connectivity index (χ2n) is 3.79. The third-order valence-corrected chi connectivity index (χ3v) is 3.36. The summed E-state index contributed by atoms with van der Waals surface area (Å²) >= 11 is 11.8. The minimum atomic E-state index is -0.248. The first kappa shape index (κ1) is 13.0. The first-order valence-corrected chi connectivity index (χ1v) is 6.02. The standard InChI is InChI=1S/C11H11Cl2N3O2/c1-14-10(17)5-16-9-3-7(13)6(12)2-8(9)15-4-11(16)18/h2-3,15H,4-5H2,1H3,(H,14,17). The number of nitrogens with zero attached hydrogens (tertiary/aromatic N) is 1. The van der Waals surface area contributed by atoms with E-state index < -0.39 is 0 Å². The molecule has 2 rings (SSSR count). The van der Waals surface area contributed by atoms with Gasteiger partial charge in [0.2, 0.25) is 11.8 Å². The summed E-state index contributed by atoms with van der Waals surface area (Å²) in [4.78, 5) is 24.6. The van der Waals surface area contributed by atoms with Crippen LogP contribution < -0.4 is 15.5 Å². The SMILES string of the molecule is CNC(=O)CN1C(=O)CNc2cc(Cl)c(Cl)cc21. The highest BCUT2D eigenvalue weighted by Gasteiger charge is 2.26. The second kappa shape index (κ2) is 5.04. The molecule has 0 unspecified atom stereocenters. The quantitative estimate of drug-likeness (QED) is 0.867. The number of benzene rings is 1. The topological polar surface area (TPSA) is 61.4 Å². The summed E-state index contributed by atoms with van der Waals surface area (Å²) in [6, 6.07) is 3.22. The van der Waals surface area contributed by atoms with Crippen molar-refractivity contribution in [1.29, 1.82) is 0 Å². The Morgan fingerprint density at radius 2 is 2.11 bits per heavy atom. The Kier molecular flexibility index (Phi) is 3.63. The number of halogens is 2. The molecule has 0 fully saturated rings. The van der Waals surface area contributed by atoms with Crippen molar-refractivity contribution in [3.8, 4) is 0 Å². The van der Waals surface area contributed by atoms with Crippen molar-refractivity contribution in [1.82, 2.24) is 5.32 Å². The predicted molar refractivity (Wildman–Crippen MR) is 71.4 cm³/mol. The number of rotatable bonds is 2. The molecule has 0 saturated heterocycles. The van der Waals surface area contributed by atoms with Crippen molar-refractivity contribution in [2.24, 2.45) is 0 Å². The Balaban J connectivity index is 2.40. The highest BCUT2D eigenvalue weighted by atomic mass is 35.5. The summed E-state index contributed by atoms with van der Waals surface area (Å²) in [7, 11) is 1.52. The largest absolute Gasteiger partial charge is 0.374 e. The van der Waals surface area contributed by atoms with Gasteiger partial charge in [-0.3, -0.25) is 14.5 Å². The summed E-state index contributed by atoms with van der Waals surface area (Å²) < 4.78 is 0. The lowest BCUT2D eigenvalue weighted by Crippen LogP contribution is -2.45. The van der Waals surface area contributed by atoms with Crippen LogP contribution in [0.3, 0.4) is 0 Å². The molecule has 1 aliphatic rings. The van der Waals surface area contributed by atoms with Crippen LogP contribution >= 0.6 is 23.2 Å². The van der Waals surface area contributed by atoms with Crippen LogP contribution in [0.2, 0.25) is 10.0 Å². The molecule has 96 valence electrons. The number of carbonyl (C=O) groups is 2. The molecule has 0 atom stereocenters. The van der Waals surface area contributed by atoms with Gasteiger partial charge in [-0.2, -0.15) is 0 Å². The first-order valence-electron chi connectivity index (χ1n) is 5.27. The van der Waals surface area contributed by atoms with Crippen molar-refractivity contribution in [3.63, 3.8) is 0 Å². The molecule has 18 heavy (non-hydrogen) atoms. The average molecular weight is 288 g/mol. The minimum absolute atomic E-state index is 0.0397. The van der Waals surface area contributed by atoms with Crippen LogP contribution in [-0.4, -0.2) is 32.0 Å². The molecule has 0 spiro atoms. The number of anilines is 2. The molecule has 0 bridgehead atoms. The first-order chi connectivity index (χ1) is 8.52. The zero-order chi connectivity index (χ0) is 13.3. The fraction of sp³-hybridized carbons (Fsp3) is 0.273. The van der Waals surface area contributed by atoms with Crippen molar-refractivity contribution in [3.05, 3.63) is 22.2 Å². The molecular weight excluding hydrogens is 277 g/mol. The molecule has 0 aromatic heterocycles. The third-order valence-electron chi connectivity index (χ3n) is 2.64. The molecule has 0 saturated carbocycles. The Morgan fingerprint density at radius 3 is 2.78 bits per heavy atom. The molecule has 5 nitrogen and oxygen atoms in total. The van der Waals surface area contributed by atoms with Crippen LogP contribution in [0.15, 0.2) is 12.1 Å². The number of likely N-dealkylation sites (N-methyl/N-ethyl adjacent to an activating group) is 1. The number of carbonyl (C=O) groups excluding carboxylic acids is 2. The fourth-order valence-corrected chi connectivity index (χ4v) is 2.02. The van der Waals surface area contributed by atoms with Gasteiger partial charge in [0, 0.05) is 7.05 Å². The lowest BCUT2D eigenvalue weighted by atomic mass is 10.2. The van der Waals surface area contributed by atoms with Crippen LogP contribution in [0.25, 0.3) is 0 Å². The van der Waals surface area contributed by atoms with E-state index in [1.807, 2.05) is 0 Å². The van der Waals surface area contributed by atoms with Gasteiger partial charge >= 0.3 is 0 Å². The number of hydrogen-bond donors (Lipinski definition) is 2. The smallest absolute Gasteiger partial charge is 0.246 e. The monoisotopic (exact) mass is 287 g/mol. The summed E-state index contributed by atoms with van der Waals surface area (Å²) in [5, 5.41) is 6.15. The molecule has 7 heteroatoms. The van der Waals surface area contributed by atoms with Gasteiger partial charge in [-0.1, -0.05) is 23.2 Å². The van der Waals surface area contributed by atoms with Gasteiger partial charge in [0.05, 0.1) is 28.0 Å². The van der Waals surface area contributed by atoms with Gasteiger partial charge in [-0.05, 0) is 12.1 Å². The van der Waals surface area contributed by atoms with E-state index in [1.54, 1.807) is 12.1 Å². The van der Waals surface area contributed by atoms with Crippen molar-refractivity contribution < 1.29 is 9.59 Å². The number of fused-ring (bicyclic) bond motifs is 1. The lowest BCUT2D eigenvalue weighted by molar-refractivity contribution is -0.123. The normalized spacial score (nSPS) is 13.9. The van der Waals surface area contributed by atoms with Crippen LogP contribution in [0.1, 0.15) is 0 Å². The number of amides is 2. The Hall–Kier alpha value is -1.46. The zero-order valence-electron chi connectivity index (χ0n) is 9.59. The summed E-state index contributed by atoms with van der Waals surface area (Å²) in [5.74, 6) is -0.438. The zero-order valence-corrected chi connectivity index (χ0v) is 11.1. The number of hydrogen-bond acceptors (Lipinski definition) is 3. The van der Waals surface area contributed by atoms with E-state index in [4.69, 9.17) is 23.2 Å². The summed E-state index contributed by atoms with van der Waals surface area (Å²) in [5.41, 5.74) is 1.25. The minimum Gasteiger partial charge on any atom is -0.374 e. The van der Waals surface area contributed by atoms with Gasteiger partial charge in [0.1, 0.15) is 6.54 Å². The predicted octanol–water partition coefficient (Wildman–Crippen LogP) is 1.50. The van der Waals surface area contributed by atoms with E-state index in [1.165, 1.54) is 11.9 Å². The van der Waals surface area contributed by atoms with Crippen LogP contribution in [0.4, 0.5) is 11.4 Å². The molecule has 2 N–H and O–H groups in total. The van der Waals surface area contributed by atoms with E-state index in [2.05, 4.69) is 10.6 Å². The molecule has 1 aromatic carbocycles. The van der Waals surface area contributed by atoms with Gasteiger partial charge < -0.3 is 10.6 Å². The van der Waals surface area contributed by atoms with E-state index in [0.717, 1.165) is 0 Å². The number of nitrogens with one attached hydrogen (secondary N) is 2. The molecule has 2 amide bonds. The average Bonchev–Trinajstić information content (AvgIpc) is 2.35. The maximum Gasteiger partial charge on any atom is 0.246 e. The molecular formula is C11H11Cl2N3O2. The Morgan fingerprint density at radius 1 is 1.44 bits per heavy atom. The van der Waals surface area contributed by atoms with Crippen molar-refractivity contribution in [2.75, 3.05) is 30.4 Å². The van der Waals surface area contributed by atoms with E-state index >= 15 is 0 Å². The third kappa shape index (κ3) is 2.37. The summed E-state index contributed by atoms with van der Waals surface area (Å²) in [6.07, 6.45) is 0. The second-order valence-corrected chi connectivity index (χ2v) is 4.60. The fourth-order valence-electron chi connectivity index (χ4n) is 1.70.